The van der Waals surface area contributed by atoms with Crippen molar-refractivity contribution in [3.8, 4) is 0 Å². The van der Waals surface area contributed by atoms with Crippen LogP contribution in [0, 0.1) is 6.92 Å². The first-order valence-corrected chi connectivity index (χ1v) is 6.45. The molecule has 17 heavy (non-hydrogen) atoms. The first-order chi connectivity index (χ1) is 7.85. The Morgan fingerprint density at radius 1 is 1.41 bits per heavy atom. The molecule has 0 aliphatic carbocycles. The van der Waals surface area contributed by atoms with Crippen molar-refractivity contribution in [2.75, 3.05) is 11.3 Å². The van der Waals surface area contributed by atoms with E-state index >= 15 is 0 Å². The predicted molar refractivity (Wildman–Crippen MR) is 64.4 cm³/mol. The van der Waals surface area contributed by atoms with Gasteiger partial charge in [-0.1, -0.05) is 6.92 Å². The fourth-order valence-electron chi connectivity index (χ4n) is 1.28. The maximum atomic E-state index is 11.4. The van der Waals surface area contributed by atoms with E-state index in [0.717, 1.165) is 0 Å². The van der Waals surface area contributed by atoms with Crippen molar-refractivity contribution in [1.82, 2.24) is 4.72 Å². The van der Waals surface area contributed by atoms with Crippen LogP contribution in [0.5, 0.6) is 0 Å². The molecule has 3 N–H and O–H groups in total. The van der Waals surface area contributed by atoms with Gasteiger partial charge in [-0.25, -0.2) is 4.79 Å². The molecule has 0 saturated heterocycles. The third-order valence-electron chi connectivity index (χ3n) is 2.05. The van der Waals surface area contributed by atoms with E-state index < -0.39 is 16.2 Å². The highest BCUT2D eigenvalue weighted by Gasteiger charge is 2.11. The van der Waals surface area contributed by atoms with E-state index in [1.54, 1.807) is 13.8 Å². The number of carbonyl (C=O) groups is 1. The highest BCUT2D eigenvalue weighted by atomic mass is 32.2. The second-order valence-electron chi connectivity index (χ2n) is 3.44. The number of anilines is 1. The molecule has 0 spiro atoms. The second-order valence-corrected chi connectivity index (χ2v) is 4.94. The zero-order valence-electron chi connectivity index (χ0n) is 9.52. The lowest BCUT2D eigenvalue weighted by atomic mass is 10.1. The van der Waals surface area contributed by atoms with Crippen molar-refractivity contribution >= 4 is 21.9 Å². The maximum absolute atomic E-state index is 11.4. The Morgan fingerprint density at radius 3 is 2.53 bits per heavy atom. The van der Waals surface area contributed by atoms with Crippen LogP contribution in [0.1, 0.15) is 22.8 Å². The Labute approximate surface area is 99.8 Å². The van der Waals surface area contributed by atoms with E-state index in [9.17, 15) is 13.2 Å². The minimum absolute atomic E-state index is 0.119. The number of hydrogen-bond donors (Lipinski definition) is 3. The number of benzene rings is 1. The summed E-state index contributed by atoms with van der Waals surface area (Å²) in [5, 5.41) is 8.77. The van der Waals surface area contributed by atoms with Crippen LogP contribution in [0.2, 0.25) is 0 Å². The molecule has 0 radical (unpaired) electrons. The van der Waals surface area contributed by atoms with Gasteiger partial charge in [0.1, 0.15) is 0 Å². The van der Waals surface area contributed by atoms with E-state index in [1.165, 1.54) is 18.2 Å². The van der Waals surface area contributed by atoms with Crippen LogP contribution in [0.15, 0.2) is 18.2 Å². The summed E-state index contributed by atoms with van der Waals surface area (Å²) in [6.45, 7) is 3.58. The zero-order valence-corrected chi connectivity index (χ0v) is 10.3. The van der Waals surface area contributed by atoms with Gasteiger partial charge in [-0.2, -0.15) is 13.1 Å². The normalized spacial score (nSPS) is 11.2. The zero-order chi connectivity index (χ0) is 13.1. The summed E-state index contributed by atoms with van der Waals surface area (Å²) < 4.78 is 27.5. The molecular weight excluding hydrogens is 244 g/mol. The Kier molecular flexibility index (Phi) is 4.08. The van der Waals surface area contributed by atoms with Gasteiger partial charge in [0.05, 0.1) is 11.3 Å². The number of carboxylic acids is 1. The number of nitrogens with one attached hydrogen (secondary N) is 2. The van der Waals surface area contributed by atoms with Gasteiger partial charge in [0, 0.05) is 6.54 Å². The minimum Gasteiger partial charge on any atom is -0.478 e. The van der Waals surface area contributed by atoms with Crippen LogP contribution >= 0.6 is 0 Å². The van der Waals surface area contributed by atoms with Gasteiger partial charge in [-0.15, -0.1) is 0 Å². The molecule has 0 aliphatic heterocycles. The van der Waals surface area contributed by atoms with Crippen molar-refractivity contribution in [3.05, 3.63) is 29.3 Å². The van der Waals surface area contributed by atoms with E-state index in [-0.39, 0.29) is 12.1 Å². The minimum atomic E-state index is -3.59. The fourth-order valence-corrected chi connectivity index (χ4v) is 2.25. The molecule has 1 aromatic rings. The number of aromatic carboxylic acids is 1. The fraction of sp³-hybridized carbons (Fsp3) is 0.300. The number of carboxylic acid groups (broad SMARTS) is 1. The van der Waals surface area contributed by atoms with Crippen LogP contribution in [-0.2, 0) is 10.2 Å². The molecule has 0 bridgehead atoms. The smallest absolute Gasteiger partial charge is 0.335 e. The molecule has 94 valence electrons. The molecule has 7 heteroatoms. The predicted octanol–water partition coefficient (Wildman–Crippen LogP) is 0.959. The Bertz CT molecular complexity index is 525. The van der Waals surface area contributed by atoms with Crippen LogP contribution in [-0.4, -0.2) is 26.0 Å². The monoisotopic (exact) mass is 258 g/mol. The number of hydrogen-bond acceptors (Lipinski definition) is 3. The maximum Gasteiger partial charge on any atom is 0.335 e. The molecular formula is C10H14N2O4S. The summed E-state index contributed by atoms with van der Waals surface area (Å²) in [7, 11) is -3.59. The molecule has 1 rings (SSSR count). The molecule has 0 unspecified atom stereocenters. The molecule has 6 nitrogen and oxygen atoms in total. The number of rotatable bonds is 5. The summed E-state index contributed by atoms with van der Waals surface area (Å²) in [4.78, 5) is 10.7. The van der Waals surface area contributed by atoms with Gasteiger partial charge >= 0.3 is 5.97 Å². The summed E-state index contributed by atoms with van der Waals surface area (Å²) in [5.74, 6) is -1.05. The third-order valence-corrected chi connectivity index (χ3v) is 3.21. The average molecular weight is 258 g/mol. The average Bonchev–Trinajstić information content (AvgIpc) is 2.20. The van der Waals surface area contributed by atoms with Gasteiger partial charge < -0.3 is 5.11 Å². The lowest BCUT2D eigenvalue weighted by Crippen LogP contribution is -2.30. The van der Waals surface area contributed by atoms with Crippen LogP contribution in [0.4, 0.5) is 5.69 Å². The lowest BCUT2D eigenvalue weighted by Gasteiger charge is -2.10. The van der Waals surface area contributed by atoms with Crippen molar-refractivity contribution < 1.29 is 18.3 Å². The largest absolute Gasteiger partial charge is 0.478 e. The first kappa shape index (κ1) is 13.5. The molecule has 0 amide bonds. The number of aryl methyl sites for hydroxylation is 1. The summed E-state index contributed by atoms with van der Waals surface area (Å²) in [6, 6.07) is 4.18. The van der Waals surface area contributed by atoms with Gasteiger partial charge in [-0.3, -0.25) is 4.72 Å². The lowest BCUT2D eigenvalue weighted by molar-refractivity contribution is 0.0697. The van der Waals surface area contributed by atoms with Crippen LogP contribution in [0.3, 0.4) is 0 Å². The topological polar surface area (TPSA) is 95.5 Å². The SMILES string of the molecule is CCNS(=O)(=O)Nc1ccc(C(=O)O)cc1C. The standard InChI is InChI=1S/C10H14N2O4S/c1-3-11-17(15,16)12-9-5-4-8(10(13)14)6-7(9)2/h4-6,11-12H,3H2,1-2H3,(H,13,14). The third kappa shape index (κ3) is 3.72. The molecule has 0 aliphatic rings. The summed E-state index contributed by atoms with van der Waals surface area (Å²) in [5.41, 5.74) is 1.02. The molecule has 1 aromatic carbocycles. The van der Waals surface area contributed by atoms with Gasteiger partial charge in [0.2, 0.25) is 0 Å². The van der Waals surface area contributed by atoms with Crippen molar-refractivity contribution in [1.29, 1.82) is 0 Å². The van der Waals surface area contributed by atoms with Crippen molar-refractivity contribution in [2.45, 2.75) is 13.8 Å². The quantitative estimate of drug-likeness (QED) is 0.733. The van der Waals surface area contributed by atoms with Crippen LogP contribution in [0.25, 0.3) is 0 Å². The van der Waals surface area contributed by atoms with Crippen LogP contribution < -0.4 is 9.44 Å². The Balaban J connectivity index is 2.98. The van der Waals surface area contributed by atoms with Crippen molar-refractivity contribution in [3.63, 3.8) is 0 Å². The highest BCUT2D eigenvalue weighted by Crippen LogP contribution is 2.17. The van der Waals surface area contributed by atoms with Gasteiger partial charge in [-0.05, 0) is 30.7 Å². The van der Waals surface area contributed by atoms with E-state index in [1.807, 2.05) is 0 Å². The Hall–Kier alpha value is -1.60. The Morgan fingerprint density at radius 2 is 2.06 bits per heavy atom. The summed E-state index contributed by atoms with van der Waals surface area (Å²) in [6.07, 6.45) is 0. The molecule has 0 saturated carbocycles. The van der Waals surface area contributed by atoms with Gasteiger partial charge in [0.15, 0.2) is 0 Å². The van der Waals surface area contributed by atoms with E-state index in [2.05, 4.69) is 9.44 Å². The first-order valence-electron chi connectivity index (χ1n) is 4.97. The molecule has 0 aromatic heterocycles. The molecule has 0 fully saturated rings. The summed E-state index contributed by atoms with van der Waals surface area (Å²) >= 11 is 0. The molecule has 0 atom stereocenters. The highest BCUT2D eigenvalue weighted by molar-refractivity contribution is 7.90. The van der Waals surface area contributed by atoms with Crippen molar-refractivity contribution in [2.24, 2.45) is 0 Å². The molecule has 0 heterocycles. The second kappa shape index (κ2) is 5.15. The van der Waals surface area contributed by atoms with E-state index in [0.29, 0.717) is 11.3 Å². The van der Waals surface area contributed by atoms with E-state index in [4.69, 9.17) is 5.11 Å². The van der Waals surface area contributed by atoms with Gasteiger partial charge in [0.25, 0.3) is 10.2 Å².